The SMILES string of the molecule is Cc1cccn2c(=O)cc(COc3ccccc3NC(=O)Nc3ccccc3)nc12. The molecule has 0 aliphatic rings. The fourth-order valence-electron chi connectivity index (χ4n) is 3.04. The van der Waals surface area contributed by atoms with Gasteiger partial charge in [-0.3, -0.25) is 9.20 Å². The predicted molar refractivity (Wildman–Crippen MR) is 116 cm³/mol. The summed E-state index contributed by atoms with van der Waals surface area (Å²) in [5, 5.41) is 5.55. The van der Waals surface area contributed by atoms with E-state index in [1.54, 1.807) is 36.5 Å². The normalized spacial score (nSPS) is 10.6. The summed E-state index contributed by atoms with van der Waals surface area (Å²) in [7, 11) is 0. The average Bonchev–Trinajstić information content (AvgIpc) is 2.74. The van der Waals surface area contributed by atoms with Crippen molar-refractivity contribution in [1.82, 2.24) is 9.38 Å². The molecule has 150 valence electrons. The lowest BCUT2D eigenvalue weighted by molar-refractivity contribution is 0.261. The Morgan fingerprint density at radius 2 is 1.77 bits per heavy atom. The number of nitrogens with zero attached hydrogens (tertiary/aromatic N) is 2. The van der Waals surface area contributed by atoms with Gasteiger partial charge in [0, 0.05) is 18.0 Å². The van der Waals surface area contributed by atoms with Gasteiger partial charge in [-0.1, -0.05) is 36.4 Å². The van der Waals surface area contributed by atoms with E-state index in [-0.39, 0.29) is 18.2 Å². The topological polar surface area (TPSA) is 84.7 Å². The van der Waals surface area contributed by atoms with Gasteiger partial charge in [-0.15, -0.1) is 0 Å². The number of nitrogens with one attached hydrogen (secondary N) is 2. The van der Waals surface area contributed by atoms with Crippen molar-refractivity contribution in [2.45, 2.75) is 13.5 Å². The molecule has 30 heavy (non-hydrogen) atoms. The Labute approximate surface area is 173 Å². The number of pyridine rings is 1. The van der Waals surface area contributed by atoms with Crippen LogP contribution in [0.3, 0.4) is 0 Å². The van der Waals surface area contributed by atoms with Crippen molar-refractivity contribution in [2.75, 3.05) is 10.6 Å². The number of carbonyl (C=O) groups is 1. The summed E-state index contributed by atoms with van der Waals surface area (Å²) in [6.07, 6.45) is 1.69. The van der Waals surface area contributed by atoms with Crippen LogP contribution in [0.2, 0.25) is 0 Å². The van der Waals surface area contributed by atoms with Gasteiger partial charge in [-0.2, -0.15) is 0 Å². The zero-order valence-corrected chi connectivity index (χ0v) is 16.3. The number of fused-ring (bicyclic) bond motifs is 1. The van der Waals surface area contributed by atoms with E-state index in [0.29, 0.717) is 28.5 Å². The minimum Gasteiger partial charge on any atom is -0.485 e. The van der Waals surface area contributed by atoms with Gasteiger partial charge in [0.15, 0.2) is 0 Å². The van der Waals surface area contributed by atoms with Gasteiger partial charge in [0.25, 0.3) is 5.56 Å². The molecule has 0 radical (unpaired) electrons. The van der Waals surface area contributed by atoms with Crippen molar-refractivity contribution in [3.63, 3.8) is 0 Å². The van der Waals surface area contributed by atoms with Crippen molar-refractivity contribution < 1.29 is 9.53 Å². The fourth-order valence-corrected chi connectivity index (χ4v) is 3.04. The first kappa shape index (κ1) is 19.2. The molecule has 0 aliphatic carbocycles. The number of urea groups is 1. The Hall–Kier alpha value is -4.13. The number of hydrogen-bond donors (Lipinski definition) is 2. The van der Waals surface area contributed by atoms with E-state index in [4.69, 9.17) is 4.74 Å². The van der Waals surface area contributed by atoms with E-state index in [2.05, 4.69) is 15.6 Å². The lowest BCUT2D eigenvalue weighted by Gasteiger charge is -2.13. The molecule has 0 bridgehead atoms. The van der Waals surface area contributed by atoms with Crippen molar-refractivity contribution >= 4 is 23.1 Å². The summed E-state index contributed by atoms with van der Waals surface area (Å²) >= 11 is 0. The minimum absolute atomic E-state index is 0.0963. The number of benzene rings is 2. The number of hydrogen-bond acceptors (Lipinski definition) is 4. The number of carbonyl (C=O) groups excluding carboxylic acids is 1. The van der Waals surface area contributed by atoms with Crippen LogP contribution >= 0.6 is 0 Å². The summed E-state index contributed by atoms with van der Waals surface area (Å²) in [5.74, 6) is 0.479. The smallest absolute Gasteiger partial charge is 0.323 e. The molecule has 0 aliphatic heterocycles. The molecule has 0 spiro atoms. The first-order valence-electron chi connectivity index (χ1n) is 9.43. The Morgan fingerprint density at radius 3 is 2.60 bits per heavy atom. The molecule has 2 heterocycles. The molecule has 7 heteroatoms. The molecule has 7 nitrogen and oxygen atoms in total. The number of anilines is 2. The third kappa shape index (κ3) is 4.30. The third-order valence-corrected chi connectivity index (χ3v) is 4.48. The van der Waals surface area contributed by atoms with Gasteiger partial charge in [0.2, 0.25) is 0 Å². The van der Waals surface area contributed by atoms with Crippen molar-refractivity contribution in [3.05, 3.63) is 101 Å². The first-order chi connectivity index (χ1) is 14.6. The van der Waals surface area contributed by atoms with Gasteiger partial charge in [0.05, 0.1) is 11.4 Å². The minimum atomic E-state index is -0.380. The van der Waals surface area contributed by atoms with Gasteiger partial charge in [-0.25, -0.2) is 9.78 Å². The van der Waals surface area contributed by atoms with Crippen LogP contribution in [0.15, 0.2) is 83.8 Å². The molecule has 2 N–H and O–H groups in total. The highest BCUT2D eigenvalue weighted by molar-refractivity contribution is 6.00. The van der Waals surface area contributed by atoms with Crippen LogP contribution in [0, 0.1) is 6.92 Å². The van der Waals surface area contributed by atoms with Crippen LogP contribution in [-0.4, -0.2) is 15.4 Å². The second kappa shape index (κ2) is 8.48. The summed E-state index contributed by atoms with van der Waals surface area (Å²) < 4.78 is 7.37. The van der Waals surface area contributed by atoms with Gasteiger partial charge in [0.1, 0.15) is 18.0 Å². The van der Waals surface area contributed by atoms with Crippen LogP contribution in [0.25, 0.3) is 5.65 Å². The molecule has 4 rings (SSSR count). The van der Waals surface area contributed by atoms with Crippen LogP contribution in [0.5, 0.6) is 5.75 Å². The summed E-state index contributed by atoms with van der Waals surface area (Å²) in [5.41, 5.74) is 3.03. The van der Waals surface area contributed by atoms with Gasteiger partial charge < -0.3 is 15.4 Å². The Kier molecular flexibility index (Phi) is 5.43. The van der Waals surface area contributed by atoms with Crippen LogP contribution in [-0.2, 0) is 6.61 Å². The largest absolute Gasteiger partial charge is 0.485 e. The lowest BCUT2D eigenvalue weighted by atomic mass is 10.3. The highest BCUT2D eigenvalue weighted by Crippen LogP contribution is 2.25. The summed E-state index contributed by atoms with van der Waals surface area (Å²) in [4.78, 5) is 29.2. The number of aryl methyl sites for hydroxylation is 1. The zero-order chi connectivity index (χ0) is 20.9. The molecule has 0 fully saturated rings. The van der Waals surface area contributed by atoms with E-state index in [9.17, 15) is 9.59 Å². The molecule has 0 saturated heterocycles. The average molecular weight is 400 g/mol. The molecule has 2 aromatic heterocycles. The molecular formula is C23H20N4O3. The van der Waals surface area contributed by atoms with Crippen LogP contribution in [0.1, 0.15) is 11.3 Å². The first-order valence-corrected chi connectivity index (χ1v) is 9.43. The monoisotopic (exact) mass is 400 g/mol. The lowest BCUT2D eigenvalue weighted by Crippen LogP contribution is -2.20. The van der Waals surface area contributed by atoms with Crippen molar-refractivity contribution in [1.29, 1.82) is 0 Å². The Bertz CT molecular complexity index is 1250. The van der Waals surface area contributed by atoms with Crippen LogP contribution in [0.4, 0.5) is 16.2 Å². The summed E-state index contributed by atoms with van der Waals surface area (Å²) in [6, 6.07) is 21.0. The van der Waals surface area contributed by atoms with E-state index in [1.165, 1.54) is 10.5 Å². The maximum absolute atomic E-state index is 12.4. The Morgan fingerprint density at radius 1 is 1.00 bits per heavy atom. The second-order valence-corrected chi connectivity index (χ2v) is 6.70. The highest BCUT2D eigenvalue weighted by Gasteiger charge is 2.10. The quantitative estimate of drug-likeness (QED) is 0.525. The van der Waals surface area contributed by atoms with Gasteiger partial charge >= 0.3 is 6.03 Å². The molecule has 4 aromatic rings. The molecular weight excluding hydrogens is 380 g/mol. The maximum Gasteiger partial charge on any atom is 0.323 e. The molecule has 2 aromatic carbocycles. The summed E-state index contributed by atoms with van der Waals surface area (Å²) in [6.45, 7) is 2.00. The molecule has 0 unspecified atom stereocenters. The third-order valence-electron chi connectivity index (χ3n) is 4.48. The highest BCUT2D eigenvalue weighted by atomic mass is 16.5. The van der Waals surface area contributed by atoms with Crippen molar-refractivity contribution in [2.24, 2.45) is 0 Å². The molecule has 0 saturated carbocycles. The van der Waals surface area contributed by atoms with Crippen LogP contribution < -0.4 is 20.9 Å². The number of ether oxygens (including phenoxy) is 1. The van der Waals surface area contributed by atoms with Gasteiger partial charge in [-0.05, 0) is 42.8 Å². The standard InChI is InChI=1S/C23H20N4O3/c1-16-8-7-13-27-21(28)14-18(24-22(16)27)15-30-20-12-6-5-11-19(20)26-23(29)25-17-9-3-2-4-10-17/h2-14H,15H2,1H3,(H2,25,26,29). The number of rotatable bonds is 5. The number of aromatic nitrogens is 2. The predicted octanol–water partition coefficient (Wildman–Crippen LogP) is 4.23. The van der Waals surface area contributed by atoms with E-state index >= 15 is 0 Å². The molecule has 2 amide bonds. The van der Waals surface area contributed by atoms with E-state index < -0.39 is 0 Å². The Balaban J connectivity index is 1.49. The van der Waals surface area contributed by atoms with Crippen molar-refractivity contribution in [3.8, 4) is 5.75 Å². The zero-order valence-electron chi connectivity index (χ0n) is 16.3. The number of para-hydroxylation sites is 3. The maximum atomic E-state index is 12.4. The van der Waals surface area contributed by atoms with E-state index in [0.717, 1.165) is 5.56 Å². The van der Waals surface area contributed by atoms with E-state index in [1.807, 2.05) is 43.3 Å². The fraction of sp³-hybridized carbons (Fsp3) is 0.0870. The number of amides is 2. The molecule has 0 atom stereocenters. The second-order valence-electron chi connectivity index (χ2n) is 6.70.